The third-order valence-electron chi connectivity index (χ3n) is 2.70. The van der Waals surface area contributed by atoms with Gasteiger partial charge in [-0.1, -0.05) is 34.1 Å². The smallest absolute Gasteiger partial charge is 0.146 e. The van der Waals surface area contributed by atoms with E-state index in [4.69, 9.17) is 5.84 Å². The Bertz CT molecular complexity index is 533. The minimum absolute atomic E-state index is 0.329. The van der Waals surface area contributed by atoms with Gasteiger partial charge >= 0.3 is 0 Å². The zero-order valence-corrected chi connectivity index (χ0v) is 11.2. The lowest BCUT2D eigenvalue weighted by Gasteiger charge is -2.16. The summed E-state index contributed by atoms with van der Waals surface area (Å²) in [5.74, 6) is 5.15. The van der Waals surface area contributed by atoms with Crippen molar-refractivity contribution in [2.75, 3.05) is 0 Å². The summed E-state index contributed by atoms with van der Waals surface area (Å²) in [5.41, 5.74) is 3.99. The Kier molecular flexibility index (Phi) is 4.41. The molecule has 1 aromatic carbocycles. The van der Waals surface area contributed by atoms with Crippen molar-refractivity contribution in [1.82, 2.24) is 10.4 Å². The van der Waals surface area contributed by atoms with Crippen LogP contribution < -0.4 is 11.3 Å². The second-order valence-corrected chi connectivity index (χ2v) is 4.74. The average molecular weight is 310 g/mol. The van der Waals surface area contributed by atoms with Gasteiger partial charge in [-0.15, -0.1) is 0 Å². The van der Waals surface area contributed by atoms with E-state index in [9.17, 15) is 4.39 Å². The Morgan fingerprint density at radius 3 is 2.72 bits per heavy atom. The SMILES string of the molecule is NNC(Cc1ccccc1Br)c1ncccc1F. The van der Waals surface area contributed by atoms with Gasteiger partial charge in [-0.3, -0.25) is 16.3 Å². The number of nitrogens with one attached hydrogen (secondary N) is 1. The molecule has 2 aromatic rings. The molecule has 0 spiro atoms. The number of rotatable bonds is 4. The number of hydrogen-bond donors (Lipinski definition) is 2. The van der Waals surface area contributed by atoms with Crippen LogP contribution in [0.2, 0.25) is 0 Å². The zero-order chi connectivity index (χ0) is 13.0. The number of hydrazine groups is 1. The molecule has 2 rings (SSSR count). The monoisotopic (exact) mass is 309 g/mol. The highest BCUT2D eigenvalue weighted by Gasteiger charge is 2.17. The number of benzene rings is 1. The summed E-state index contributed by atoms with van der Waals surface area (Å²) in [4.78, 5) is 4.04. The highest BCUT2D eigenvalue weighted by Crippen LogP contribution is 2.23. The first kappa shape index (κ1) is 13.1. The molecule has 18 heavy (non-hydrogen) atoms. The van der Waals surface area contributed by atoms with Crippen molar-refractivity contribution < 1.29 is 4.39 Å². The minimum atomic E-state index is -0.357. The van der Waals surface area contributed by atoms with E-state index in [0.29, 0.717) is 12.1 Å². The van der Waals surface area contributed by atoms with Crippen molar-refractivity contribution in [2.24, 2.45) is 5.84 Å². The predicted molar refractivity (Wildman–Crippen MR) is 72.1 cm³/mol. The maximum absolute atomic E-state index is 13.7. The Balaban J connectivity index is 2.26. The number of halogens is 2. The molecule has 3 N–H and O–H groups in total. The van der Waals surface area contributed by atoms with E-state index in [2.05, 4.69) is 26.3 Å². The maximum Gasteiger partial charge on any atom is 0.146 e. The second-order valence-electron chi connectivity index (χ2n) is 3.89. The van der Waals surface area contributed by atoms with Crippen molar-refractivity contribution in [1.29, 1.82) is 0 Å². The van der Waals surface area contributed by atoms with E-state index in [0.717, 1.165) is 10.0 Å². The normalized spacial score (nSPS) is 12.4. The van der Waals surface area contributed by atoms with E-state index >= 15 is 0 Å². The number of pyridine rings is 1. The van der Waals surface area contributed by atoms with Gasteiger partial charge in [-0.2, -0.15) is 0 Å². The molecule has 5 heteroatoms. The van der Waals surface area contributed by atoms with E-state index in [1.54, 1.807) is 12.3 Å². The summed E-state index contributed by atoms with van der Waals surface area (Å²) >= 11 is 3.46. The largest absolute Gasteiger partial charge is 0.271 e. The average Bonchev–Trinajstić information content (AvgIpc) is 2.39. The van der Waals surface area contributed by atoms with Gasteiger partial charge in [0.1, 0.15) is 5.82 Å². The number of aromatic nitrogens is 1. The molecule has 1 aromatic heterocycles. The lowest BCUT2D eigenvalue weighted by Crippen LogP contribution is -2.31. The number of hydrogen-bond acceptors (Lipinski definition) is 3. The van der Waals surface area contributed by atoms with Crippen molar-refractivity contribution in [2.45, 2.75) is 12.5 Å². The van der Waals surface area contributed by atoms with Gasteiger partial charge in [-0.05, 0) is 30.2 Å². The summed E-state index contributed by atoms with van der Waals surface area (Å²) in [6, 6.07) is 10.4. The first-order valence-corrected chi connectivity index (χ1v) is 6.31. The molecule has 94 valence electrons. The molecule has 0 aliphatic heterocycles. The summed E-state index contributed by atoms with van der Waals surface area (Å²) < 4.78 is 14.6. The maximum atomic E-state index is 13.7. The van der Waals surface area contributed by atoms with Crippen LogP contribution in [0.1, 0.15) is 17.3 Å². The summed E-state index contributed by atoms with van der Waals surface area (Å²) in [5, 5.41) is 0. The molecule has 1 heterocycles. The summed E-state index contributed by atoms with van der Waals surface area (Å²) in [6.45, 7) is 0. The Morgan fingerprint density at radius 2 is 2.06 bits per heavy atom. The van der Waals surface area contributed by atoms with Gasteiger partial charge in [0.2, 0.25) is 0 Å². The molecule has 0 aliphatic rings. The van der Waals surface area contributed by atoms with E-state index < -0.39 is 0 Å². The van der Waals surface area contributed by atoms with Crippen LogP contribution in [0, 0.1) is 5.82 Å². The first-order valence-electron chi connectivity index (χ1n) is 5.52. The van der Waals surface area contributed by atoms with Crippen molar-refractivity contribution >= 4 is 15.9 Å². The van der Waals surface area contributed by atoms with Crippen LogP contribution >= 0.6 is 15.9 Å². The van der Waals surface area contributed by atoms with Gasteiger partial charge in [0.25, 0.3) is 0 Å². The third kappa shape index (κ3) is 2.93. The highest BCUT2D eigenvalue weighted by molar-refractivity contribution is 9.10. The third-order valence-corrected chi connectivity index (χ3v) is 3.47. The molecule has 0 radical (unpaired) electrons. The fourth-order valence-electron chi connectivity index (χ4n) is 1.77. The van der Waals surface area contributed by atoms with E-state index in [-0.39, 0.29) is 11.9 Å². The molecule has 0 bridgehead atoms. The van der Waals surface area contributed by atoms with Gasteiger partial charge < -0.3 is 0 Å². The molecular weight excluding hydrogens is 297 g/mol. The highest BCUT2D eigenvalue weighted by atomic mass is 79.9. The van der Waals surface area contributed by atoms with Crippen LogP contribution in [0.3, 0.4) is 0 Å². The van der Waals surface area contributed by atoms with E-state index in [1.165, 1.54) is 6.07 Å². The Labute approximate surface area is 113 Å². The summed E-state index contributed by atoms with van der Waals surface area (Å²) in [6.07, 6.45) is 2.12. The summed E-state index contributed by atoms with van der Waals surface area (Å²) in [7, 11) is 0. The Hall–Kier alpha value is -1.30. The molecule has 1 atom stereocenters. The molecule has 1 unspecified atom stereocenters. The topological polar surface area (TPSA) is 50.9 Å². The standard InChI is InChI=1S/C13H13BrFN3/c14-10-5-2-1-4-9(10)8-12(18-16)13-11(15)6-3-7-17-13/h1-7,12,18H,8,16H2. The molecule has 3 nitrogen and oxygen atoms in total. The quantitative estimate of drug-likeness (QED) is 0.674. The van der Waals surface area contributed by atoms with Crippen molar-refractivity contribution in [3.8, 4) is 0 Å². The van der Waals surface area contributed by atoms with Gasteiger partial charge in [0, 0.05) is 10.7 Å². The van der Waals surface area contributed by atoms with Crippen molar-refractivity contribution in [3.63, 3.8) is 0 Å². The van der Waals surface area contributed by atoms with Gasteiger partial charge in [0.05, 0.1) is 11.7 Å². The van der Waals surface area contributed by atoms with Crippen molar-refractivity contribution in [3.05, 3.63) is 64.1 Å². The predicted octanol–water partition coefficient (Wildman–Crippen LogP) is 2.73. The molecule has 0 saturated carbocycles. The number of nitrogens with zero attached hydrogens (tertiary/aromatic N) is 1. The fourth-order valence-corrected chi connectivity index (χ4v) is 2.22. The lowest BCUT2D eigenvalue weighted by atomic mass is 10.0. The van der Waals surface area contributed by atoms with Crippen LogP contribution in [-0.2, 0) is 6.42 Å². The fraction of sp³-hybridized carbons (Fsp3) is 0.154. The van der Waals surface area contributed by atoms with Gasteiger partial charge in [0.15, 0.2) is 0 Å². The molecule has 0 aliphatic carbocycles. The second kappa shape index (κ2) is 6.04. The lowest BCUT2D eigenvalue weighted by molar-refractivity contribution is 0.494. The van der Waals surface area contributed by atoms with Gasteiger partial charge in [-0.25, -0.2) is 4.39 Å². The molecular formula is C13H13BrFN3. The first-order chi connectivity index (χ1) is 8.72. The van der Waals surface area contributed by atoms with Crippen LogP contribution in [0.5, 0.6) is 0 Å². The van der Waals surface area contributed by atoms with Crippen LogP contribution in [-0.4, -0.2) is 4.98 Å². The Morgan fingerprint density at radius 1 is 1.28 bits per heavy atom. The molecule has 0 amide bonds. The number of nitrogens with two attached hydrogens (primary N) is 1. The van der Waals surface area contributed by atoms with E-state index in [1.807, 2.05) is 24.3 Å². The van der Waals surface area contributed by atoms with Crippen LogP contribution in [0.25, 0.3) is 0 Å². The van der Waals surface area contributed by atoms with Crippen LogP contribution in [0.15, 0.2) is 47.1 Å². The van der Waals surface area contributed by atoms with Crippen LogP contribution in [0.4, 0.5) is 4.39 Å². The minimum Gasteiger partial charge on any atom is -0.271 e. The molecule has 0 fully saturated rings. The molecule has 0 saturated heterocycles. The zero-order valence-electron chi connectivity index (χ0n) is 9.61.